The second-order valence-electron chi connectivity index (χ2n) is 6.42. The minimum Gasteiger partial charge on any atom is -0.452 e. The van der Waals surface area contributed by atoms with E-state index in [0.29, 0.717) is 11.3 Å². The number of halogens is 3. The number of anilines is 1. The van der Waals surface area contributed by atoms with Gasteiger partial charge in [-0.05, 0) is 45.9 Å². The van der Waals surface area contributed by atoms with Crippen molar-refractivity contribution < 1.29 is 27.5 Å². The van der Waals surface area contributed by atoms with E-state index in [-0.39, 0.29) is 11.7 Å². The van der Waals surface area contributed by atoms with E-state index in [4.69, 9.17) is 4.74 Å². The monoisotopic (exact) mass is 382 g/mol. The molecule has 1 amide bonds. The van der Waals surface area contributed by atoms with Gasteiger partial charge in [-0.3, -0.25) is 4.79 Å². The Labute approximate surface area is 155 Å². The van der Waals surface area contributed by atoms with Gasteiger partial charge in [-0.15, -0.1) is 0 Å². The highest BCUT2D eigenvalue weighted by Gasteiger charge is 2.33. The van der Waals surface area contributed by atoms with E-state index >= 15 is 0 Å². The fourth-order valence-corrected chi connectivity index (χ4v) is 3.01. The Morgan fingerprint density at radius 1 is 1.19 bits per heavy atom. The van der Waals surface area contributed by atoms with Crippen LogP contribution in [0.1, 0.15) is 47.2 Å². The van der Waals surface area contributed by atoms with Gasteiger partial charge >= 0.3 is 12.1 Å². The Kier molecular flexibility index (Phi) is 5.98. The molecule has 0 fully saturated rings. The van der Waals surface area contributed by atoms with Gasteiger partial charge < -0.3 is 14.6 Å². The smallest absolute Gasteiger partial charge is 0.418 e. The maximum absolute atomic E-state index is 12.9. The van der Waals surface area contributed by atoms with Crippen LogP contribution < -0.4 is 5.32 Å². The molecule has 0 saturated carbocycles. The standard InChI is InChI=1S/C19H21F3N2O3/c1-11(2)24-12(3)9-14(13(24)4)18(26)27-10-17(25)23-16-8-6-5-7-15(16)19(20,21)22/h5-9,11H,10H2,1-4H3,(H,23,25). The van der Waals surface area contributed by atoms with Crippen molar-refractivity contribution in [1.82, 2.24) is 4.57 Å². The summed E-state index contributed by atoms with van der Waals surface area (Å²) < 4.78 is 45.8. The first-order valence-electron chi connectivity index (χ1n) is 8.34. The maximum Gasteiger partial charge on any atom is 0.418 e. The van der Waals surface area contributed by atoms with Gasteiger partial charge in [-0.25, -0.2) is 4.79 Å². The lowest BCUT2D eigenvalue weighted by Crippen LogP contribution is -2.23. The first-order chi connectivity index (χ1) is 12.5. The molecule has 0 atom stereocenters. The number of benzene rings is 1. The molecule has 2 rings (SSSR count). The average Bonchev–Trinajstić information content (AvgIpc) is 2.87. The van der Waals surface area contributed by atoms with Gasteiger partial charge in [-0.2, -0.15) is 13.2 Å². The van der Waals surface area contributed by atoms with Crippen LogP contribution in [0.5, 0.6) is 0 Å². The van der Waals surface area contributed by atoms with Crippen molar-refractivity contribution in [3.63, 3.8) is 0 Å². The molecular weight excluding hydrogens is 361 g/mol. The number of esters is 1. The molecular formula is C19H21F3N2O3. The van der Waals surface area contributed by atoms with Crippen molar-refractivity contribution in [3.05, 3.63) is 52.8 Å². The fourth-order valence-electron chi connectivity index (χ4n) is 3.01. The van der Waals surface area contributed by atoms with Crippen LogP contribution in [0, 0.1) is 13.8 Å². The van der Waals surface area contributed by atoms with Crippen molar-refractivity contribution in [2.45, 2.75) is 39.9 Å². The molecule has 0 bridgehead atoms. The van der Waals surface area contributed by atoms with Crippen LogP contribution in [-0.2, 0) is 15.7 Å². The number of para-hydroxylation sites is 1. The predicted molar refractivity (Wildman–Crippen MR) is 94.6 cm³/mol. The van der Waals surface area contributed by atoms with Crippen LogP contribution in [0.4, 0.5) is 18.9 Å². The zero-order valence-electron chi connectivity index (χ0n) is 15.5. The molecule has 1 N–H and O–H groups in total. The third-order valence-corrected chi connectivity index (χ3v) is 4.06. The number of hydrogen-bond donors (Lipinski definition) is 1. The highest BCUT2D eigenvalue weighted by molar-refractivity contribution is 5.96. The molecule has 8 heteroatoms. The van der Waals surface area contributed by atoms with Gasteiger partial charge in [0.25, 0.3) is 5.91 Å². The number of hydrogen-bond acceptors (Lipinski definition) is 3. The second-order valence-corrected chi connectivity index (χ2v) is 6.42. The van der Waals surface area contributed by atoms with Crippen LogP contribution in [0.3, 0.4) is 0 Å². The van der Waals surface area contributed by atoms with Crippen LogP contribution in [0.25, 0.3) is 0 Å². The van der Waals surface area contributed by atoms with E-state index in [1.807, 2.05) is 25.3 Å². The number of amides is 1. The van der Waals surface area contributed by atoms with Gasteiger partial charge in [0.15, 0.2) is 6.61 Å². The number of aromatic nitrogens is 1. The summed E-state index contributed by atoms with van der Waals surface area (Å²) >= 11 is 0. The number of aryl methyl sites for hydroxylation is 1. The molecule has 0 aliphatic heterocycles. The van der Waals surface area contributed by atoms with Crippen molar-refractivity contribution in [2.75, 3.05) is 11.9 Å². The SMILES string of the molecule is Cc1cc(C(=O)OCC(=O)Nc2ccccc2C(F)(F)F)c(C)n1C(C)C. The number of nitrogens with one attached hydrogen (secondary N) is 1. The molecule has 146 valence electrons. The minimum absolute atomic E-state index is 0.147. The Hall–Kier alpha value is -2.77. The molecule has 27 heavy (non-hydrogen) atoms. The van der Waals surface area contributed by atoms with Crippen molar-refractivity contribution in [2.24, 2.45) is 0 Å². The molecule has 0 radical (unpaired) electrons. The largest absolute Gasteiger partial charge is 0.452 e. The normalized spacial score (nSPS) is 11.6. The molecule has 1 aromatic heterocycles. The zero-order chi connectivity index (χ0) is 20.4. The highest BCUT2D eigenvalue weighted by Crippen LogP contribution is 2.34. The minimum atomic E-state index is -4.60. The van der Waals surface area contributed by atoms with Gasteiger partial charge in [0.1, 0.15) is 0 Å². The lowest BCUT2D eigenvalue weighted by molar-refractivity contribution is -0.137. The Balaban J connectivity index is 2.05. The lowest BCUT2D eigenvalue weighted by atomic mass is 10.1. The topological polar surface area (TPSA) is 60.3 Å². The lowest BCUT2D eigenvalue weighted by Gasteiger charge is -2.14. The summed E-state index contributed by atoms with van der Waals surface area (Å²) in [6, 6.07) is 6.41. The highest BCUT2D eigenvalue weighted by atomic mass is 19.4. The summed E-state index contributed by atoms with van der Waals surface area (Å²) in [6.45, 7) is 6.88. The fraction of sp³-hybridized carbons (Fsp3) is 0.368. The number of rotatable bonds is 5. The summed E-state index contributed by atoms with van der Waals surface area (Å²) in [6.07, 6.45) is -4.60. The zero-order valence-corrected chi connectivity index (χ0v) is 15.5. The molecule has 0 aliphatic rings. The van der Waals surface area contributed by atoms with Crippen molar-refractivity contribution in [3.8, 4) is 0 Å². The van der Waals surface area contributed by atoms with Gasteiger partial charge in [0, 0.05) is 17.4 Å². The molecule has 1 aromatic carbocycles. The quantitative estimate of drug-likeness (QED) is 0.775. The second kappa shape index (κ2) is 7.85. The molecule has 5 nitrogen and oxygen atoms in total. The first kappa shape index (κ1) is 20.5. The number of nitrogens with zero attached hydrogens (tertiary/aromatic N) is 1. The number of carbonyl (C=O) groups is 2. The van der Waals surface area contributed by atoms with E-state index in [2.05, 4.69) is 5.32 Å². The predicted octanol–water partition coefficient (Wildman–Crippen LogP) is 4.50. The average molecular weight is 382 g/mol. The Bertz CT molecular complexity index is 854. The van der Waals surface area contributed by atoms with Crippen molar-refractivity contribution >= 4 is 17.6 Å². The summed E-state index contributed by atoms with van der Waals surface area (Å²) in [5, 5.41) is 2.13. The number of ether oxygens (including phenoxy) is 1. The van der Waals surface area contributed by atoms with Crippen LogP contribution in [0.2, 0.25) is 0 Å². The van der Waals surface area contributed by atoms with Gasteiger partial charge in [0.2, 0.25) is 0 Å². The summed E-state index contributed by atoms with van der Waals surface area (Å²) in [4.78, 5) is 24.2. The Morgan fingerprint density at radius 3 is 2.37 bits per heavy atom. The molecule has 0 aliphatic carbocycles. The first-order valence-corrected chi connectivity index (χ1v) is 8.34. The third-order valence-electron chi connectivity index (χ3n) is 4.06. The molecule has 0 spiro atoms. The third kappa shape index (κ3) is 4.69. The number of carbonyl (C=O) groups excluding carboxylic acids is 2. The van der Waals surface area contributed by atoms with Crippen LogP contribution in [0.15, 0.2) is 30.3 Å². The Morgan fingerprint density at radius 2 is 1.81 bits per heavy atom. The summed E-state index contributed by atoms with van der Waals surface area (Å²) in [5.74, 6) is -1.55. The van der Waals surface area contributed by atoms with E-state index in [1.165, 1.54) is 12.1 Å². The molecule has 0 saturated heterocycles. The summed E-state index contributed by atoms with van der Waals surface area (Å²) in [5.41, 5.74) is 0.548. The van der Waals surface area contributed by atoms with E-state index in [9.17, 15) is 22.8 Å². The maximum atomic E-state index is 12.9. The van der Waals surface area contributed by atoms with E-state index in [1.54, 1.807) is 13.0 Å². The van der Waals surface area contributed by atoms with Gasteiger partial charge in [0.05, 0.1) is 16.8 Å². The summed E-state index contributed by atoms with van der Waals surface area (Å²) in [7, 11) is 0. The van der Waals surface area contributed by atoms with E-state index < -0.39 is 30.2 Å². The van der Waals surface area contributed by atoms with Crippen molar-refractivity contribution in [1.29, 1.82) is 0 Å². The number of alkyl halides is 3. The van der Waals surface area contributed by atoms with Crippen LogP contribution >= 0.6 is 0 Å². The molecule has 2 aromatic rings. The molecule has 0 unspecified atom stereocenters. The van der Waals surface area contributed by atoms with Gasteiger partial charge in [-0.1, -0.05) is 12.1 Å². The van der Waals surface area contributed by atoms with Crippen LogP contribution in [-0.4, -0.2) is 23.1 Å². The molecule has 1 heterocycles. The van der Waals surface area contributed by atoms with E-state index in [0.717, 1.165) is 17.8 Å².